The van der Waals surface area contributed by atoms with E-state index in [4.69, 9.17) is 16.7 Å². The van der Waals surface area contributed by atoms with Crippen LogP contribution in [-0.2, 0) is 18.0 Å². The standard InChI is InChI=1S/C3H2BBrClO6.Li/c5-12-4(10)11-3(9)1(6)2(7)8;/h1H,(H,7,8);/q-1;+1. The number of carbonyl (C=O) groups is 2. The fourth-order valence-electron chi connectivity index (χ4n) is 0.274. The molecule has 0 saturated carbocycles. The summed E-state index contributed by atoms with van der Waals surface area (Å²) in [7, 11) is -2.13. The molecule has 0 aliphatic rings. The minimum Gasteiger partial charge on any atom is -0.819 e. The van der Waals surface area contributed by atoms with Crippen LogP contribution in [0, 0.1) is 0 Å². The molecule has 0 bridgehead atoms. The van der Waals surface area contributed by atoms with Crippen LogP contribution >= 0.6 is 27.9 Å². The molecule has 10 heteroatoms. The van der Waals surface area contributed by atoms with Gasteiger partial charge in [-0.1, -0.05) is 11.6 Å². The van der Waals surface area contributed by atoms with E-state index in [0.29, 0.717) is 0 Å². The van der Waals surface area contributed by atoms with Crippen molar-refractivity contribution in [2.24, 2.45) is 0 Å². The summed E-state index contributed by atoms with van der Waals surface area (Å²) in [5, 5.41) is 16.5. The van der Waals surface area contributed by atoms with Gasteiger partial charge in [0.05, 0.1) is 16.3 Å². The first-order valence-electron chi connectivity index (χ1n) is 2.49. The van der Waals surface area contributed by atoms with Gasteiger partial charge in [0.1, 0.15) is 0 Å². The average Bonchev–Trinajstić information content (AvgIpc) is 2.02. The van der Waals surface area contributed by atoms with E-state index in [2.05, 4.69) is 24.7 Å². The van der Waals surface area contributed by atoms with Gasteiger partial charge in [0.25, 0.3) is 0 Å². The molecular weight excluding hydrogens is 265 g/mol. The number of hydrogen-bond acceptors (Lipinski definition) is 5. The summed E-state index contributed by atoms with van der Waals surface area (Å²) in [5.74, 6) is -2.97. The van der Waals surface area contributed by atoms with E-state index in [9.17, 15) is 14.6 Å². The molecule has 6 nitrogen and oxygen atoms in total. The molecule has 13 heavy (non-hydrogen) atoms. The number of rotatable bonds is 4. The predicted octanol–water partition coefficient (Wildman–Crippen LogP) is -4.10. The predicted molar refractivity (Wildman–Crippen MR) is 39.1 cm³/mol. The molecule has 68 valence electrons. The van der Waals surface area contributed by atoms with Crippen LogP contribution in [0.1, 0.15) is 0 Å². The van der Waals surface area contributed by atoms with Gasteiger partial charge in [-0.2, -0.15) is 0 Å². The van der Waals surface area contributed by atoms with Crippen LogP contribution in [0.2, 0.25) is 0 Å². The fourth-order valence-corrected chi connectivity index (χ4v) is 0.401. The minimum atomic E-state index is -2.13. The van der Waals surface area contributed by atoms with E-state index in [1.165, 1.54) is 0 Å². The third-order valence-corrected chi connectivity index (χ3v) is 1.38. The third-order valence-electron chi connectivity index (χ3n) is 0.709. The van der Waals surface area contributed by atoms with E-state index >= 15 is 0 Å². The van der Waals surface area contributed by atoms with Crippen LogP contribution in [0.3, 0.4) is 0 Å². The number of carbonyl (C=O) groups excluding carboxylic acids is 1. The molecule has 0 rings (SSSR count). The first kappa shape index (κ1) is 15.8. The molecule has 0 saturated heterocycles. The van der Waals surface area contributed by atoms with E-state index in [-0.39, 0.29) is 18.9 Å². The first-order valence-corrected chi connectivity index (χ1v) is 3.58. The zero-order chi connectivity index (χ0) is 9.72. The Morgan fingerprint density at radius 3 is 2.38 bits per heavy atom. The van der Waals surface area contributed by atoms with Crippen molar-refractivity contribution in [3.05, 3.63) is 0 Å². The number of hydrogen-bond donors (Lipinski definition) is 1. The number of halogens is 2. The van der Waals surface area contributed by atoms with Crippen LogP contribution in [0.15, 0.2) is 0 Å². The Labute approximate surface area is 99.3 Å². The molecule has 1 atom stereocenters. The summed E-state index contributed by atoms with van der Waals surface area (Å²) in [6, 6.07) is 0. The zero-order valence-electron chi connectivity index (χ0n) is 6.40. The smallest absolute Gasteiger partial charge is 0.819 e. The molecule has 0 aromatic heterocycles. The molecule has 0 fully saturated rings. The van der Waals surface area contributed by atoms with Crippen molar-refractivity contribution in [2.75, 3.05) is 0 Å². The third kappa shape index (κ3) is 6.37. The van der Waals surface area contributed by atoms with Crippen LogP contribution in [0.4, 0.5) is 0 Å². The minimum absolute atomic E-state index is 0. The van der Waals surface area contributed by atoms with Crippen molar-refractivity contribution in [1.82, 2.24) is 0 Å². The molecule has 0 heterocycles. The van der Waals surface area contributed by atoms with Crippen LogP contribution in [-0.4, -0.2) is 29.7 Å². The van der Waals surface area contributed by atoms with Crippen LogP contribution in [0.25, 0.3) is 0 Å². The summed E-state index contributed by atoms with van der Waals surface area (Å²) in [6.07, 6.45) is 0. The summed E-state index contributed by atoms with van der Waals surface area (Å²) >= 11 is 7.23. The quantitative estimate of drug-likeness (QED) is 0.316. The van der Waals surface area contributed by atoms with Gasteiger partial charge in [0.2, 0.25) is 5.38 Å². The van der Waals surface area contributed by atoms with E-state index in [1.807, 2.05) is 0 Å². The molecule has 0 amide bonds. The van der Waals surface area contributed by atoms with E-state index in [0.717, 1.165) is 0 Å². The Balaban J connectivity index is 0. The maximum absolute atomic E-state index is 10.5. The number of aliphatic carboxylic acids is 1. The Morgan fingerprint density at radius 1 is 1.62 bits per heavy atom. The molecular formula is C3H2BBrClLiO6. The SMILES string of the molecule is O=C(O)C(Cl)C(=O)OB([O-])OBr.[Li+]. The summed E-state index contributed by atoms with van der Waals surface area (Å²) < 4.78 is 7.66. The van der Waals surface area contributed by atoms with Crippen LogP contribution in [0.5, 0.6) is 0 Å². The van der Waals surface area contributed by atoms with E-state index < -0.39 is 24.6 Å². The Hall–Kier alpha value is 0.292. The molecule has 0 aliphatic carbocycles. The van der Waals surface area contributed by atoms with Gasteiger partial charge in [0, 0.05) is 0 Å². The van der Waals surface area contributed by atoms with Gasteiger partial charge >= 0.3 is 38.1 Å². The molecule has 0 aliphatic heterocycles. The van der Waals surface area contributed by atoms with Crippen molar-refractivity contribution >= 4 is 47.1 Å². The first-order chi connectivity index (χ1) is 5.49. The van der Waals surface area contributed by atoms with Gasteiger partial charge in [-0.15, -0.1) is 0 Å². The van der Waals surface area contributed by atoms with Crippen molar-refractivity contribution in [2.45, 2.75) is 5.38 Å². The molecule has 0 aromatic carbocycles. The number of alkyl halides is 1. The number of carboxylic acids is 1. The average molecular weight is 267 g/mol. The van der Waals surface area contributed by atoms with Gasteiger partial charge in [0.15, 0.2) is 0 Å². The maximum atomic E-state index is 10.5. The molecule has 1 N–H and O–H groups in total. The van der Waals surface area contributed by atoms with Gasteiger partial charge in [-0.05, 0) is 0 Å². The number of carboxylic acid groups (broad SMARTS) is 1. The van der Waals surface area contributed by atoms with Gasteiger partial charge < -0.3 is 18.5 Å². The monoisotopic (exact) mass is 266 g/mol. The van der Waals surface area contributed by atoms with Gasteiger partial charge in [-0.25, -0.2) is 4.79 Å². The molecule has 0 spiro atoms. The van der Waals surface area contributed by atoms with Crippen molar-refractivity contribution < 1.29 is 47.0 Å². The zero-order valence-corrected chi connectivity index (χ0v) is 8.74. The molecule has 0 aromatic rings. The summed E-state index contributed by atoms with van der Waals surface area (Å²) in [5.41, 5.74) is 0. The summed E-state index contributed by atoms with van der Waals surface area (Å²) in [6.45, 7) is 0. The maximum Gasteiger partial charge on any atom is 1.00 e. The Morgan fingerprint density at radius 2 is 2.08 bits per heavy atom. The van der Waals surface area contributed by atoms with Crippen molar-refractivity contribution in [3.63, 3.8) is 0 Å². The van der Waals surface area contributed by atoms with Gasteiger partial charge in [-0.3, -0.25) is 4.79 Å². The normalized spacial score (nSPS) is 11.0. The second-order valence-corrected chi connectivity index (χ2v) is 2.33. The second-order valence-electron chi connectivity index (χ2n) is 1.52. The Kier molecular flexibility index (Phi) is 9.30. The Bertz CT molecular complexity index is 193. The topological polar surface area (TPSA) is 95.9 Å². The van der Waals surface area contributed by atoms with Crippen molar-refractivity contribution in [3.8, 4) is 0 Å². The van der Waals surface area contributed by atoms with Crippen LogP contribution < -0.4 is 23.9 Å². The molecule has 1 unspecified atom stereocenters. The van der Waals surface area contributed by atoms with Crippen molar-refractivity contribution in [1.29, 1.82) is 0 Å². The largest absolute Gasteiger partial charge is 1.00 e. The summed E-state index contributed by atoms with van der Waals surface area (Å²) in [4.78, 5) is 20.5. The fraction of sp³-hybridized carbons (Fsp3) is 0.333. The van der Waals surface area contributed by atoms with E-state index in [1.54, 1.807) is 0 Å². The molecule has 0 radical (unpaired) electrons. The second kappa shape index (κ2) is 7.67.